The summed E-state index contributed by atoms with van der Waals surface area (Å²) in [6.07, 6.45) is 0.961. The predicted octanol–water partition coefficient (Wildman–Crippen LogP) is 1.45. The van der Waals surface area contributed by atoms with Gasteiger partial charge in [0.25, 0.3) is 0 Å². The molecule has 5 heteroatoms. The summed E-state index contributed by atoms with van der Waals surface area (Å²) in [5, 5.41) is 8.90. The third-order valence-corrected chi connectivity index (χ3v) is 5.81. The molecule has 0 heterocycles. The van der Waals surface area contributed by atoms with Crippen molar-refractivity contribution in [3.05, 3.63) is 0 Å². The van der Waals surface area contributed by atoms with E-state index in [1.807, 2.05) is 13.8 Å². The molecule has 0 atom stereocenters. The first-order valence-corrected chi connectivity index (χ1v) is 7.76. The second-order valence-electron chi connectivity index (χ2n) is 3.62. The van der Waals surface area contributed by atoms with Crippen LogP contribution in [-0.4, -0.2) is 58.9 Å². The average molecular weight is 332 g/mol. The number of carboxylic acid groups (broad SMARTS) is 1. The number of rotatable bonds is 9. The Hall–Kier alpha value is 0.180. The number of carboxylic acids is 1. The molecule has 0 rings (SSSR count). The average Bonchev–Trinajstić information content (AvgIpc) is 2.16. The van der Waals surface area contributed by atoms with Crippen molar-refractivity contribution in [2.75, 3.05) is 26.9 Å². The second kappa shape index (κ2) is 8.35. The van der Waals surface area contributed by atoms with Gasteiger partial charge in [0, 0.05) is 0 Å². The van der Waals surface area contributed by atoms with Gasteiger partial charge >= 0.3 is 101 Å². The van der Waals surface area contributed by atoms with Crippen molar-refractivity contribution in [3.8, 4) is 0 Å². The van der Waals surface area contributed by atoms with E-state index in [1.165, 1.54) is 0 Å². The molecule has 0 unspecified atom stereocenters. The first-order valence-electron chi connectivity index (χ1n) is 4.94. The van der Waals surface area contributed by atoms with Crippen molar-refractivity contribution >= 4 is 26.9 Å². The van der Waals surface area contributed by atoms with Crippen LogP contribution >= 0.6 is 0 Å². The van der Waals surface area contributed by atoms with Gasteiger partial charge in [-0.3, -0.25) is 0 Å². The molecule has 1 N–H and O–H groups in total. The Morgan fingerprint density at radius 1 is 1.33 bits per heavy atom. The Bertz CT molecular complexity index is 182. The van der Waals surface area contributed by atoms with Crippen molar-refractivity contribution in [2.24, 2.45) is 0 Å². The van der Waals surface area contributed by atoms with Crippen LogP contribution in [0.3, 0.4) is 0 Å². The minimum atomic E-state index is -0.676. The zero-order valence-electron chi connectivity index (χ0n) is 9.62. The number of ether oxygens (including phenoxy) is 2. The summed E-state index contributed by atoms with van der Waals surface area (Å²) in [6.45, 7) is 5.58. The standard InChI is InChI=1S/C10H20O4Te/c1-10(2,9(11)12)15-8-4-5-14-7-6-13-3/h4-8H2,1-3H3,(H,11,12). The zero-order chi connectivity index (χ0) is 11.7. The topological polar surface area (TPSA) is 55.8 Å². The fraction of sp³-hybridized carbons (Fsp3) is 0.900. The summed E-state index contributed by atoms with van der Waals surface area (Å²) in [5.74, 6) is -0.676. The monoisotopic (exact) mass is 334 g/mol. The van der Waals surface area contributed by atoms with Gasteiger partial charge in [-0.25, -0.2) is 0 Å². The molecule has 0 aliphatic heterocycles. The van der Waals surface area contributed by atoms with E-state index in [0.29, 0.717) is 19.8 Å². The molecule has 15 heavy (non-hydrogen) atoms. The molecule has 0 aliphatic carbocycles. The van der Waals surface area contributed by atoms with Crippen molar-refractivity contribution in [1.29, 1.82) is 0 Å². The van der Waals surface area contributed by atoms with Gasteiger partial charge in [0.1, 0.15) is 0 Å². The summed E-state index contributed by atoms with van der Waals surface area (Å²) < 4.78 is 10.7. The fourth-order valence-corrected chi connectivity index (χ4v) is 3.35. The van der Waals surface area contributed by atoms with Crippen LogP contribution < -0.4 is 0 Å². The number of methoxy groups -OCH3 is 1. The predicted molar refractivity (Wildman–Crippen MR) is 59.5 cm³/mol. The molecule has 0 fully saturated rings. The van der Waals surface area contributed by atoms with Gasteiger partial charge in [-0.05, 0) is 0 Å². The Kier molecular flexibility index (Phi) is 8.45. The van der Waals surface area contributed by atoms with Crippen LogP contribution in [0.25, 0.3) is 0 Å². The molecule has 0 aliphatic rings. The fourth-order valence-electron chi connectivity index (χ4n) is 0.794. The van der Waals surface area contributed by atoms with Crippen molar-refractivity contribution in [2.45, 2.75) is 28.2 Å². The van der Waals surface area contributed by atoms with Crippen LogP contribution in [0.15, 0.2) is 0 Å². The molecule has 0 radical (unpaired) electrons. The molecule has 0 aromatic heterocycles. The van der Waals surface area contributed by atoms with Crippen LogP contribution in [0, 0.1) is 0 Å². The maximum atomic E-state index is 10.8. The van der Waals surface area contributed by atoms with Crippen LogP contribution in [0.1, 0.15) is 20.3 Å². The van der Waals surface area contributed by atoms with Crippen LogP contribution in [0.4, 0.5) is 0 Å². The molecule has 0 aromatic rings. The normalized spacial score (nSPS) is 11.7. The van der Waals surface area contributed by atoms with Crippen LogP contribution in [-0.2, 0) is 14.3 Å². The van der Waals surface area contributed by atoms with Crippen molar-refractivity contribution in [3.63, 3.8) is 0 Å². The van der Waals surface area contributed by atoms with Crippen molar-refractivity contribution < 1.29 is 19.4 Å². The molecule has 0 bridgehead atoms. The minimum absolute atomic E-state index is 0.479. The van der Waals surface area contributed by atoms with E-state index in [2.05, 4.69) is 0 Å². The maximum absolute atomic E-state index is 10.8. The van der Waals surface area contributed by atoms with E-state index in [9.17, 15) is 4.79 Å². The van der Waals surface area contributed by atoms with E-state index in [-0.39, 0.29) is 0 Å². The summed E-state index contributed by atoms with van der Waals surface area (Å²) in [6, 6.07) is 0. The summed E-state index contributed by atoms with van der Waals surface area (Å²) in [5.41, 5.74) is 0. The molecule has 0 amide bonds. The zero-order valence-corrected chi connectivity index (χ0v) is 11.9. The Labute approximate surface area is 101 Å². The van der Waals surface area contributed by atoms with Gasteiger partial charge in [0.2, 0.25) is 0 Å². The van der Waals surface area contributed by atoms with Gasteiger partial charge in [-0.1, -0.05) is 0 Å². The summed E-state index contributed by atoms with van der Waals surface area (Å²) in [4.78, 5) is 10.8. The van der Waals surface area contributed by atoms with E-state index in [4.69, 9.17) is 14.6 Å². The quantitative estimate of drug-likeness (QED) is 0.513. The van der Waals surface area contributed by atoms with E-state index in [1.54, 1.807) is 7.11 Å². The number of hydrogen-bond donors (Lipinski definition) is 1. The molecule has 0 aromatic carbocycles. The molecule has 0 saturated carbocycles. The molecule has 0 saturated heterocycles. The van der Waals surface area contributed by atoms with Gasteiger partial charge in [0.15, 0.2) is 0 Å². The van der Waals surface area contributed by atoms with E-state index >= 15 is 0 Å². The van der Waals surface area contributed by atoms with Gasteiger partial charge in [0.05, 0.1) is 0 Å². The number of aliphatic carboxylic acids is 1. The molecule has 4 nitrogen and oxygen atoms in total. The van der Waals surface area contributed by atoms with Gasteiger partial charge in [-0.15, -0.1) is 0 Å². The van der Waals surface area contributed by atoms with E-state index in [0.717, 1.165) is 10.9 Å². The van der Waals surface area contributed by atoms with Crippen molar-refractivity contribution in [1.82, 2.24) is 0 Å². The Morgan fingerprint density at radius 2 is 2.00 bits per heavy atom. The Morgan fingerprint density at radius 3 is 2.53 bits per heavy atom. The summed E-state index contributed by atoms with van der Waals surface area (Å²) >= 11 is -0.479. The third kappa shape index (κ3) is 8.04. The molecule has 0 spiro atoms. The third-order valence-electron chi connectivity index (χ3n) is 1.84. The first kappa shape index (κ1) is 15.2. The van der Waals surface area contributed by atoms with E-state index < -0.39 is 30.4 Å². The number of hydrogen-bond acceptors (Lipinski definition) is 3. The molecular weight excluding hydrogens is 312 g/mol. The van der Waals surface area contributed by atoms with Gasteiger partial charge < -0.3 is 0 Å². The summed E-state index contributed by atoms with van der Waals surface area (Å²) in [7, 11) is 1.64. The Balaban J connectivity index is 3.35. The molecular formula is C10H20O4Te. The number of carbonyl (C=O) groups is 1. The first-order chi connectivity index (χ1) is 7.00. The van der Waals surface area contributed by atoms with Crippen LogP contribution in [0.2, 0.25) is 7.93 Å². The van der Waals surface area contributed by atoms with Crippen LogP contribution in [0.5, 0.6) is 0 Å². The van der Waals surface area contributed by atoms with Gasteiger partial charge in [-0.2, -0.15) is 0 Å². The second-order valence-corrected chi connectivity index (χ2v) is 8.52. The SMILES string of the molecule is COCCOCCC[Te]C(C)(C)C(=O)O. The molecule has 90 valence electrons.